The summed E-state index contributed by atoms with van der Waals surface area (Å²) in [6.07, 6.45) is 0. The third kappa shape index (κ3) is 3.68. The van der Waals surface area contributed by atoms with Gasteiger partial charge in [0.25, 0.3) is 5.91 Å². The van der Waals surface area contributed by atoms with Gasteiger partial charge < -0.3 is 15.7 Å². The average molecular weight is 272 g/mol. The van der Waals surface area contributed by atoms with Crippen molar-refractivity contribution in [1.82, 2.24) is 15.5 Å². The first kappa shape index (κ1) is 13.8. The van der Waals surface area contributed by atoms with Crippen LogP contribution in [0.5, 0.6) is 5.75 Å². The van der Waals surface area contributed by atoms with Crippen molar-refractivity contribution in [2.75, 3.05) is 11.9 Å². The molecular weight excluding hydrogens is 256 g/mol. The molecule has 0 saturated carbocycles. The molecule has 1 aromatic carbocycles. The highest BCUT2D eigenvalue weighted by Crippen LogP contribution is 2.11. The lowest BCUT2D eigenvalue weighted by atomic mass is 10.2. The van der Waals surface area contributed by atoms with Crippen molar-refractivity contribution in [3.63, 3.8) is 0 Å². The number of aromatic hydroxyl groups is 1. The van der Waals surface area contributed by atoms with Crippen LogP contribution in [0.2, 0.25) is 0 Å². The minimum absolute atomic E-state index is 0.231. The molecule has 2 aromatic rings. The molecule has 0 aliphatic rings. The molecule has 20 heavy (non-hydrogen) atoms. The number of rotatable bonds is 5. The Labute approximate surface area is 116 Å². The quantitative estimate of drug-likeness (QED) is 0.768. The molecule has 3 N–H and O–H groups in total. The van der Waals surface area contributed by atoms with Crippen LogP contribution in [0.25, 0.3) is 0 Å². The zero-order valence-corrected chi connectivity index (χ0v) is 11.1. The second kappa shape index (κ2) is 6.51. The van der Waals surface area contributed by atoms with Crippen LogP contribution in [0.3, 0.4) is 0 Å². The number of phenolic OH excluding ortho intramolecular Hbond substituents is 1. The fraction of sp³-hybridized carbons (Fsp3) is 0.214. The first-order chi connectivity index (χ1) is 9.69. The van der Waals surface area contributed by atoms with Crippen molar-refractivity contribution in [2.24, 2.45) is 0 Å². The molecule has 2 rings (SSSR count). The Morgan fingerprint density at radius 2 is 1.90 bits per heavy atom. The Morgan fingerprint density at radius 3 is 2.50 bits per heavy atom. The van der Waals surface area contributed by atoms with E-state index in [0.29, 0.717) is 24.6 Å². The summed E-state index contributed by atoms with van der Waals surface area (Å²) in [7, 11) is 0. The molecule has 0 aliphatic heterocycles. The maximum absolute atomic E-state index is 11.5. The van der Waals surface area contributed by atoms with Gasteiger partial charge in [0.1, 0.15) is 11.6 Å². The van der Waals surface area contributed by atoms with Gasteiger partial charge in [-0.2, -0.15) is 0 Å². The van der Waals surface area contributed by atoms with Gasteiger partial charge in [-0.05, 0) is 36.8 Å². The minimum Gasteiger partial charge on any atom is -0.508 e. The fourth-order valence-electron chi connectivity index (χ4n) is 1.61. The van der Waals surface area contributed by atoms with E-state index in [1.165, 1.54) is 0 Å². The van der Waals surface area contributed by atoms with E-state index in [4.69, 9.17) is 0 Å². The van der Waals surface area contributed by atoms with Crippen LogP contribution in [0, 0.1) is 0 Å². The first-order valence-electron chi connectivity index (χ1n) is 6.32. The SMILES string of the molecule is CCNC(=O)c1ccc(NCc2ccc(O)cc2)nn1. The number of benzene rings is 1. The molecule has 1 amide bonds. The summed E-state index contributed by atoms with van der Waals surface area (Å²) >= 11 is 0. The monoisotopic (exact) mass is 272 g/mol. The molecule has 6 heteroatoms. The predicted molar refractivity (Wildman–Crippen MR) is 75.5 cm³/mol. The number of anilines is 1. The Morgan fingerprint density at radius 1 is 1.15 bits per heavy atom. The third-order valence-electron chi connectivity index (χ3n) is 2.64. The molecule has 0 spiro atoms. The van der Waals surface area contributed by atoms with Gasteiger partial charge in [0.05, 0.1) is 0 Å². The molecule has 0 radical (unpaired) electrons. The van der Waals surface area contributed by atoms with E-state index in [-0.39, 0.29) is 11.7 Å². The maximum Gasteiger partial charge on any atom is 0.271 e. The summed E-state index contributed by atoms with van der Waals surface area (Å²) in [5.74, 6) is 0.594. The lowest BCUT2D eigenvalue weighted by Crippen LogP contribution is -2.24. The molecule has 0 unspecified atom stereocenters. The Hall–Kier alpha value is -2.63. The smallest absolute Gasteiger partial charge is 0.271 e. The summed E-state index contributed by atoms with van der Waals surface area (Å²) in [5, 5.41) is 22.7. The van der Waals surface area contributed by atoms with Gasteiger partial charge in [-0.25, -0.2) is 0 Å². The van der Waals surface area contributed by atoms with Gasteiger partial charge in [-0.3, -0.25) is 4.79 Å². The number of aromatic nitrogens is 2. The molecule has 1 heterocycles. The lowest BCUT2D eigenvalue weighted by molar-refractivity contribution is 0.0950. The topological polar surface area (TPSA) is 87.1 Å². The highest BCUT2D eigenvalue weighted by molar-refractivity contribution is 5.92. The number of hydrogen-bond donors (Lipinski definition) is 3. The number of hydrogen-bond acceptors (Lipinski definition) is 5. The molecule has 0 aliphatic carbocycles. The summed E-state index contributed by atoms with van der Waals surface area (Å²) in [5.41, 5.74) is 1.31. The highest BCUT2D eigenvalue weighted by atomic mass is 16.3. The Bertz CT molecular complexity index is 567. The zero-order valence-electron chi connectivity index (χ0n) is 11.1. The molecule has 0 fully saturated rings. The van der Waals surface area contributed by atoms with E-state index in [1.54, 1.807) is 24.3 Å². The van der Waals surface area contributed by atoms with Crippen molar-refractivity contribution in [3.05, 3.63) is 47.7 Å². The lowest BCUT2D eigenvalue weighted by Gasteiger charge is -2.06. The van der Waals surface area contributed by atoms with E-state index in [2.05, 4.69) is 20.8 Å². The van der Waals surface area contributed by atoms with Crippen molar-refractivity contribution in [3.8, 4) is 5.75 Å². The normalized spacial score (nSPS) is 10.1. The number of phenols is 1. The number of nitrogens with one attached hydrogen (secondary N) is 2. The fourth-order valence-corrected chi connectivity index (χ4v) is 1.61. The van der Waals surface area contributed by atoms with Gasteiger partial charge >= 0.3 is 0 Å². The van der Waals surface area contributed by atoms with E-state index >= 15 is 0 Å². The van der Waals surface area contributed by atoms with Crippen LogP contribution in [-0.2, 0) is 6.54 Å². The van der Waals surface area contributed by atoms with E-state index in [0.717, 1.165) is 5.56 Å². The van der Waals surface area contributed by atoms with Crippen molar-refractivity contribution >= 4 is 11.7 Å². The standard InChI is InChI=1S/C14H16N4O2/c1-2-15-14(20)12-7-8-13(18-17-12)16-9-10-3-5-11(19)6-4-10/h3-8,19H,2,9H2,1H3,(H,15,20)(H,16,18). The number of carbonyl (C=O) groups is 1. The molecule has 0 atom stereocenters. The van der Waals surface area contributed by atoms with Gasteiger partial charge in [-0.1, -0.05) is 12.1 Å². The molecule has 0 bridgehead atoms. The second-order valence-electron chi connectivity index (χ2n) is 4.18. The van der Waals surface area contributed by atoms with Crippen LogP contribution in [0.15, 0.2) is 36.4 Å². The second-order valence-corrected chi connectivity index (χ2v) is 4.18. The molecule has 0 saturated heterocycles. The van der Waals surface area contributed by atoms with Crippen LogP contribution in [-0.4, -0.2) is 27.8 Å². The van der Waals surface area contributed by atoms with Gasteiger partial charge in [0.15, 0.2) is 5.69 Å². The predicted octanol–water partition coefficient (Wildman–Crippen LogP) is 1.54. The molecular formula is C14H16N4O2. The van der Waals surface area contributed by atoms with Crippen LogP contribution in [0.1, 0.15) is 23.0 Å². The van der Waals surface area contributed by atoms with Crippen molar-refractivity contribution in [1.29, 1.82) is 0 Å². The molecule has 6 nitrogen and oxygen atoms in total. The largest absolute Gasteiger partial charge is 0.508 e. The Balaban J connectivity index is 1.93. The van der Waals surface area contributed by atoms with Crippen LogP contribution < -0.4 is 10.6 Å². The van der Waals surface area contributed by atoms with Crippen molar-refractivity contribution in [2.45, 2.75) is 13.5 Å². The number of carbonyl (C=O) groups excluding carboxylic acids is 1. The maximum atomic E-state index is 11.5. The average Bonchev–Trinajstić information content (AvgIpc) is 2.47. The minimum atomic E-state index is -0.231. The summed E-state index contributed by atoms with van der Waals surface area (Å²) in [6.45, 7) is 2.97. The summed E-state index contributed by atoms with van der Waals surface area (Å²) in [6, 6.07) is 10.2. The number of nitrogens with zero attached hydrogens (tertiary/aromatic N) is 2. The van der Waals surface area contributed by atoms with Gasteiger partial charge in [0.2, 0.25) is 0 Å². The number of amides is 1. The van der Waals surface area contributed by atoms with Crippen molar-refractivity contribution < 1.29 is 9.90 Å². The summed E-state index contributed by atoms with van der Waals surface area (Å²) < 4.78 is 0. The molecule has 104 valence electrons. The van der Waals surface area contributed by atoms with Crippen LogP contribution >= 0.6 is 0 Å². The van der Waals surface area contributed by atoms with E-state index < -0.39 is 0 Å². The Kier molecular flexibility index (Phi) is 4.49. The first-order valence-corrected chi connectivity index (χ1v) is 6.32. The van der Waals surface area contributed by atoms with E-state index in [9.17, 15) is 9.90 Å². The van der Waals surface area contributed by atoms with E-state index in [1.807, 2.05) is 19.1 Å². The zero-order chi connectivity index (χ0) is 14.4. The van der Waals surface area contributed by atoms with Gasteiger partial charge in [-0.15, -0.1) is 10.2 Å². The highest BCUT2D eigenvalue weighted by Gasteiger charge is 2.06. The van der Waals surface area contributed by atoms with Gasteiger partial charge in [0, 0.05) is 13.1 Å². The van der Waals surface area contributed by atoms with Crippen LogP contribution in [0.4, 0.5) is 5.82 Å². The summed E-state index contributed by atoms with van der Waals surface area (Å²) in [4.78, 5) is 11.5. The third-order valence-corrected chi connectivity index (χ3v) is 2.64. The molecule has 1 aromatic heterocycles.